The molecule has 6 heteroatoms. The van der Waals surface area contributed by atoms with E-state index in [9.17, 15) is 18.7 Å². The molecule has 1 rings (SSSR count). The van der Waals surface area contributed by atoms with Crippen molar-refractivity contribution in [1.29, 1.82) is 0 Å². The number of aromatic hydroxyl groups is 1. The predicted octanol–water partition coefficient (Wildman–Crippen LogP) is 4.80. The van der Waals surface area contributed by atoms with Crippen LogP contribution in [-0.4, -0.2) is 23.6 Å². The Labute approximate surface area is 146 Å². The van der Waals surface area contributed by atoms with E-state index in [1.54, 1.807) is 12.2 Å². The number of rotatable bonds is 9. The first-order valence-electron chi connectivity index (χ1n) is 7.68. The highest BCUT2D eigenvalue weighted by Gasteiger charge is 2.25. The fraction of sp³-hybridized carbons (Fsp3) is 0.316. The minimum Gasteiger partial charge on any atom is -0.504 e. The van der Waals surface area contributed by atoms with Gasteiger partial charge in [-0.3, -0.25) is 4.79 Å². The second-order valence-corrected chi connectivity index (χ2v) is 5.42. The van der Waals surface area contributed by atoms with E-state index < -0.39 is 11.9 Å². The molecule has 1 aromatic carbocycles. The van der Waals surface area contributed by atoms with E-state index in [1.807, 2.05) is 13.0 Å². The van der Waals surface area contributed by atoms with Crippen LogP contribution in [0.1, 0.15) is 27.2 Å². The summed E-state index contributed by atoms with van der Waals surface area (Å²) in [5, 5.41) is 9.55. The number of carbonyl (C=O) groups is 1. The first-order chi connectivity index (χ1) is 11.6. The topological polar surface area (TPSA) is 55.8 Å². The van der Waals surface area contributed by atoms with Crippen LogP contribution < -0.4 is 9.47 Å². The van der Waals surface area contributed by atoms with Crippen molar-refractivity contribution >= 4 is 5.78 Å². The van der Waals surface area contributed by atoms with Crippen molar-refractivity contribution in [1.82, 2.24) is 0 Å². The Morgan fingerprint density at radius 3 is 2.60 bits per heavy atom. The van der Waals surface area contributed by atoms with Gasteiger partial charge in [0, 0.05) is 25.0 Å². The lowest BCUT2D eigenvalue weighted by molar-refractivity contribution is -0.159. The number of ether oxygens (including phenoxy) is 2. The molecule has 0 fully saturated rings. The Kier molecular flexibility index (Phi) is 7.36. The molecule has 0 amide bonds. The van der Waals surface area contributed by atoms with Gasteiger partial charge in [0.15, 0.2) is 17.3 Å². The van der Waals surface area contributed by atoms with Gasteiger partial charge in [-0.25, -0.2) is 0 Å². The first-order valence-corrected chi connectivity index (χ1v) is 7.68. The van der Waals surface area contributed by atoms with Crippen molar-refractivity contribution in [3.8, 4) is 17.2 Å². The van der Waals surface area contributed by atoms with Crippen LogP contribution in [0.2, 0.25) is 0 Å². The van der Waals surface area contributed by atoms with Crippen LogP contribution in [0.4, 0.5) is 8.78 Å². The summed E-state index contributed by atoms with van der Waals surface area (Å²) in [5.74, 6) is -0.556. The van der Waals surface area contributed by atoms with Crippen molar-refractivity contribution in [3.05, 3.63) is 54.2 Å². The molecule has 136 valence electrons. The standard InChI is InChI=1S/C19H22F2O4/c1-5-15(7-6-13(2)14(3)22)10-11-24-16-8-9-17(23)18(12-16)25-19(4,20)21/h5-9,12,23H,2,10-11H2,1,3-4H3/b7-6-,15-5+. The summed E-state index contributed by atoms with van der Waals surface area (Å²) >= 11 is 0. The van der Waals surface area contributed by atoms with Crippen LogP contribution in [0.25, 0.3) is 0 Å². The number of allylic oxidation sites excluding steroid dienone is 4. The van der Waals surface area contributed by atoms with Crippen LogP contribution >= 0.6 is 0 Å². The number of hydrogen-bond donors (Lipinski definition) is 1. The van der Waals surface area contributed by atoms with E-state index in [2.05, 4.69) is 11.3 Å². The molecule has 4 nitrogen and oxygen atoms in total. The number of Topliss-reactive ketones (excluding diaryl/α,β-unsaturated/α-hetero) is 1. The molecule has 0 saturated carbocycles. The number of hydrogen-bond acceptors (Lipinski definition) is 4. The van der Waals surface area contributed by atoms with E-state index in [0.29, 0.717) is 24.7 Å². The average molecular weight is 352 g/mol. The van der Waals surface area contributed by atoms with Gasteiger partial charge >= 0.3 is 6.11 Å². The van der Waals surface area contributed by atoms with Gasteiger partial charge in [0.05, 0.1) is 6.61 Å². The molecule has 0 aliphatic heterocycles. The molecular weight excluding hydrogens is 330 g/mol. The zero-order chi connectivity index (χ0) is 19.0. The van der Waals surface area contributed by atoms with Crippen LogP contribution in [0.15, 0.2) is 54.2 Å². The molecule has 0 aromatic heterocycles. The third kappa shape index (κ3) is 7.65. The predicted molar refractivity (Wildman–Crippen MR) is 92.2 cm³/mol. The largest absolute Gasteiger partial charge is 0.504 e. The lowest BCUT2D eigenvalue weighted by atomic mass is 10.1. The van der Waals surface area contributed by atoms with Gasteiger partial charge in [0.1, 0.15) is 5.75 Å². The number of benzene rings is 1. The average Bonchev–Trinajstić information content (AvgIpc) is 2.51. The van der Waals surface area contributed by atoms with Gasteiger partial charge < -0.3 is 14.6 Å². The van der Waals surface area contributed by atoms with Crippen molar-refractivity contribution in [3.63, 3.8) is 0 Å². The Morgan fingerprint density at radius 2 is 2.04 bits per heavy atom. The van der Waals surface area contributed by atoms with E-state index in [-0.39, 0.29) is 18.1 Å². The normalized spacial score (nSPS) is 12.3. The summed E-state index contributed by atoms with van der Waals surface area (Å²) in [5.41, 5.74) is 1.33. The van der Waals surface area contributed by atoms with Gasteiger partial charge in [-0.1, -0.05) is 24.8 Å². The molecule has 0 aliphatic carbocycles. The minimum absolute atomic E-state index is 0.104. The van der Waals surface area contributed by atoms with Crippen LogP contribution in [0.5, 0.6) is 17.2 Å². The SMILES string of the molecule is C=C(/C=C\C(=C/C)CCOc1ccc(O)c(OC(C)(F)F)c1)C(C)=O. The molecule has 0 radical (unpaired) electrons. The Hall–Kier alpha value is -2.63. The zero-order valence-electron chi connectivity index (χ0n) is 14.5. The molecule has 1 N–H and O–H groups in total. The first kappa shape index (κ1) is 20.4. The van der Waals surface area contributed by atoms with E-state index >= 15 is 0 Å². The van der Waals surface area contributed by atoms with Crippen LogP contribution in [0.3, 0.4) is 0 Å². The molecule has 0 atom stereocenters. The number of halogens is 2. The third-order valence-electron chi connectivity index (χ3n) is 3.20. The lowest BCUT2D eigenvalue weighted by Crippen LogP contribution is -2.19. The lowest BCUT2D eigenvalue weighted by Gasteiger charge is -2.15. The second kappa shape index (κ2) is 9.01. The number of ketones is 1. The molecule has 0 heterocycles. The van der Waals surface area contributed by atoms with E-state index in [0.717, 1.165) is 5.57 Å². The van der Waals surface area contributed by atoms with Crippen molar-refractivity contribution in [2.24, 2.45) is 0 Å². The molecule has 0 saturated heterocycles. The molecule has 1 aromatic rings. The molecule has 0 aliphatic rings. The number of phenols is 1. The summed E-state index contributed by atoms with van der Waals surface area (Å²) in [6.45, 7) is 7.80. The smallest absolute Gasteiger partial charge is 0.395 e. The third-order valence-corrected chi connectivity index (χ3v) is 3.20. The van der Waals surface area contributed by atoms with Gasteiger partial charge in [0.2, 0.25) is 0 Å². The minimum atomic E-state index is -3.40. The van der Waals surface area contributed by atoms with E-state index in [4.69, 9.17) is 4.74 Å². The zero-order valence-corrected chi connectivity index (χ0v) is 14.5. The maximum Gasteiger partial charge on any atom is 0.395 e. The maximum absolute atomic E-state index is 12.9. The number of phenolic OH excluding ortho intramolecular Hbond substituents is 1. The van der Waals surface area contributed by atoms with E-state index in [1.165, 1.54) is 25.1 Å². The Balaban J connectivity index is 2.65. The van der Waals surface area contributed by atoms with Crippen LogP contribution in [-0.2, 0) is 4.79 Å². The summed E-state index contributed by atoms with van der Waals surface area (Å²) in [7, 11) is 0. The summed E-state index contributed by atoms with van der Waals surface area (Å²) in [4.78, 5) is 11.1. The van der Waals surface area contributed by atoms with Gasteiger partial charge in [-0.2, -0.15) is 8.78 Å². The molecule has 0 spiro atoms. The van der Waals surface area contributed by atoms with Crippen molar-refractivity contribution < 1.29 is 28.2 Å². The van der Waals surface area contributed by atoms with Crippen molar-refractivity contribution in [2.75, 3.05) is 6.61 Å². The summed E-state index contributed by atoms with van der Waals surface area (Å²) < 4.78 is 35.7. The monoisotopic (exact) mass is 352 g/mol. The highest BCUT2D eigenvalue weighted by molar-refractivity contribution is 5.95. The Bertz CT molecular complexity index is 685. The highest BCUT2D eigenvalue weighted by atomic mass is 19.3. The highest BCUT2D eigenvalue weighted by Crippen LogP contribution is 2.33. The fourth-order valence-electron chi connectivity index (χ4n) is 1.79. The van der Waals surface area contributed by atoms with Crippen LogP contribution in [0, 0.1) is 0 Å². The van der Waals surface area contributed by atoms with Gasteiger partial charge in [0.25, 0.3) is 0 Å². The Morgan fingerprint density at radius 1 is 1.36 bits per heavy atom. The molecule has 0 unspecified atom stereocenters. The maximum atomic E-state index is 12.9. The quantitative estimate of drug-likeness (QED) is 0.512. The molecular formula is C19H22F2O4. The second-order valence-electron chi connectivity index (χ2n) is 5.42. The number of carbonyl (C=O) groups excluding carboxylic acids is 1. The number of alkyl halides is 2. The summed E-state index contributed by atoms with van der Waals surface area (Å²) in [6.07, 6.45) is 2.41. The van der Waals surface area contributed by atoms with Crippen molar-refractivity contribution in [2.45, 2.75) is 33.3 Å². The molecule has 0 bridgehead atoms. The molecule has 25 heavy (non-hydrogen) atoms. The summed E-state index contributed by atoms with van der Waals surface area (Å²) in [6, 6.07) is 3.89. The van der Waals surface area contributed by atoms with Gasteiger partial charge in [-0.15, -0.1) is 0 Å². The van der Waals surface area contributed by atoms with Gasteiger partial charge in [-0.05, 0) is 31.6 Å². The fourth-order valence-corrected chi connectivity index (χ4v) is 1.79.